The number of nitrogens with one attached hydrogen (secondary N) is 1. The first-order valence-corrected chi connectivity index (χ1v) is 6.61. The van der Waals surface area contributed by atoms with Gasteiger partial charge in [-0.25, -0.2) is 13.8 Å². The molecule has 5 nitrogen and oxygen atoms in total. The number of hydrogen-bond acceptors (Lipinski definition) is 4. The number of carbonyl (C=O) groups is 1. The average Bonchev–Trinajstić information content (AvgIpc) is 3.32. The van der Waals surface area contributed by atoms with Crippen molar-refractivity contribution >= 4 is 11.7 Å². The smallest absolute Gasteiger partial charge is 0.228 e. The number of benzene rings is 1. The topological polar surface area (TPSA) is 78.7 Å². The number of anilines is 1. The third-order valence-electron chi connectivity index (χ3n) is 3.30. The van der Waals surface area contributed by atoms with Crippen LogP contribution < -0.4 is 5.32 Å². The Balaban J connectivity index is 1.83. The number of rotatable bonds is 3. The Hall–Kier alpha value is -2.88. The van der Waals surface area contributed by atoms with Gasteiger partial charge in [-0.05, 0) is 25.0 Å². The van der Waals surface area contributed by atoms with E-state index >= 15 is 0 Å². The largest absolute Gasteiger partial charge is 0.309 e. The maximum Gasteiger partial charge on any atom is 0.228 e. The molecule has 1 aromatic heterocycles. The van der Waals surface area contributed by atoms with E-state index < -0.39 is 17.2 Å². The van der Waals surface area contributed by atoms with Crippen LogP contribution in [-0.2, 0) is 4.79 Å². The molecule has 1 fully saturated rings. The molecular weight excluding hydrogens is 290 g/mol. The van der Waals surface area contributed by atoms with Crippen LogP contribution in [0.4, 0.5) is 14.6 Å². The molecule has 3 rings (SSSR count). The number of hydrogen-bond donors (Lipinski definition) is 1. The molecule has 1 amide bonds. The molecule has 1 aromatic carbocycles. The van der Waals surface area contributed by atoms with Gasteiger partial charge in [-0.3, -0.25) is 9.78 Å². The highest BCUT2D eigenvalue weighted by molar-refractivity contribution is 5.93. The minimum atomic E-state index is -0.953. The fourth-order valence-corrected chi connectivity index (χ4v) is 1.94. The van der Waals surface area contributed by atoms with Crippen molar-refractivity contribution in [2.75, 3.05) is 5.32 Å². The SMILES string of the molecule is N#Cc1c(F)cc(-c2cnc(NC(=O)C3CC3)cn2)cc1F. The van der Waals surface area contributed by atoms with E-state index in [1.807, 2.05) is 0 Å². The van der Waals surface area contributed by atoms with Crippen LogP contribution in [0, 0.1) is 28.9 Å². The third-order valence-corrected chi connectivity index (χ3v) is 3.30. The lowest BCUT2D eigenvalue weighted by atomic mass is 10.1. The molecule has 0 radical (unpaired) electrons. The lowest BCUT2D eigenvalue weighted by Crippen LogP contribution is -2.14. The summed E-state index contributed by atoms with van der Waals surface area (Å²) in [6.45, 7) is 0. The van der Waals surface area contributed by atoms with Gasteiger partial charge in [0.25, 0.3) is 0 Å². The van der Waals surface area contributed by atoms with Gasteiger partial charge in [0.15, 0.2) is 5.82 Å². The molecule has 1 aliphatic carbocycles. The molecule has 0 bridgehead atoms. The summed E-state index contributed by atoms with van der Waals surface area (Å²) in [6, 6.07) is 3.50. The lowest BCUT2D eigenvalue weighted by Gasteiger charge is -2.05. The van der Waals surface area contributed by atoms with Crippen molar-refractivity contribution in [2.45, 2.75) is 12.8 Å². The first kappa shape index (κ1) is 14.1. The molecule has 1 aliphatic rings. The van der Waals surface area contributed by atoms with Gasteiger partial charge in [-0.2, -0.15) is 5.26 Å². The summed E-state index contributed by atoms with van der Waals surface area (Å²) in [5, 5.41) is 11.3. The molecule has 2 aromatic rings. The normalized spacial score (nSPS) is 13.5. The fraction of sp³-hybridized carbons (Fsp3) is 0.200. The Kier molecular flexibility index (Phi) is 3.51. The van der Waals surface area contributed by atoms with Crippen LogP contribution in [0.2, 0.25) is 0 Å². The Labute approximate surface area is 124 Å². The van der Waals surface area contributed by atoms with Crippen molar-refractivity contribution < 1.29 is 13.6 Å². The van der Waals surface area contributed by atoms with Gasteiger partial charge in [-0.15, -0.1) is 0 Å². The molecule has 1 N–H and O–H groups in total. The monoisotopic (exact) mass is 300 g/mol. The second-order valence-electron chi connectivity index (χ2n) is 4.98. The summed E-state index contributed by atoms with van der Waals surface area (Å²) in [5.41, 5.74) is -0.224. The van der Waals surface area contributed by atoms with Gasteiger partial charge in [-0.1, -0.05) is 0 Å². The minimum absolute atomic E-state index is 0.0446. The maximum absolute atomic E-state index is 13.6. The predicted molar refractivity (Wildman–Crippen MR) is 73.5 cm³/mol. The van der Waals surface area contributed by atoms with Crippen LogP contribution in [0.15, 0.2) is 24.5 Å². The molecule has 0 saturated heterocycles. The van der Waals surface area contributed by atoms with Gasteiger partial charge >= 0.3 is 0 Å². The second kappa shape index (κ2) is 5.48. The van der Waals surface area contributed by atoms with Crippen molar-refractivity contribution in [3.05, 3.63) is 41.7 Å². The van der Waals surface area contributed by atoms with E-state index in [1.165, 1.54) is 18.5 Å². The Bertz CT molecular complexity index is 756. The van der Waals surface area contributed by atoms with Gasteiger partial charge in [0, 0.05) is 11.5 Å². The summed E-state index contributed by atoms with van der Waals surface area (Å²) in [6.07, 6.45) is 4.38. The van der Waals surface area contributed by atoms with Gasteiger partial charge in [0.1, 0.15) is 23.3 Å². The Morgan fingerprint density at radius 1 is 1.23 bits per heavy atom. The van der Waals surface area contributed by atoms with Crippen LogP contribution in [-0.4, -0.2) is 15.9 Å². The molecule has 1 saturated carbocycles. The van der Waals surface area contributed by atoms with Crippen LogP contribution >= 0.6 is 0 Å². The zero-order chi connectivity index (χ0) is 15.7. The summed E-state index contributed by atoms with van der Waals surface area (Å²) in [4.78, 5) is 19.6. The Morgan fingerprint density at radius 2 is 1.91 bits per heavy atom. The van der Waals surface area contributed by atoms with Crippen LogP contribution in [0.25, 0.3) is 11.3 Å². The number of halogens is 2. The highest BCUT2D eigenvalue weighted by Gasteiger charge is 2.29. The second-order valence-corrected chi connectivity index (χ2v) is 4.98. The minimum Gasteiger partial charge on any atom is -0.309 e. The quantitative estimate of drug-likeness (QED) is 0.945. The van der Waals surface area contributed by atoms with Crippen molar-refractivity contribution in [3.8, 4) is 17.3 Å². The van der Waals surface area contributed by atoms with Gasteiger partial charge < -0.3 is 5.32 Å². The summed E-state index contributed by atoms with van der Waals surface area (Å²) < 4.78 is 27.2. The first-order chi connectivity index (χ1) is 10.6. The van der Waals surface area contributed by atoms with Gasteiger partial charge in [0.2, 0.25) is 5.91 Å². The average molecular weight is 300 g/mol. The summed E-state index contributed by atoms with van der Waals surface area (Å²) in [7, 11) is 0. The maximum atomic E-state index is 13.6. The number of nitrogens with zero attached hydrogens (tertiary/aromatic N) is 3. The zero-order valence-corrected chi connectivity index (χ0v) is 11.3. The molecule has 0 spiro atoms. The highest BCUT2D eigenvalue weighted by atomic mass is 19.1. The van der Waals surface area contributed by atoms with E-state index in [4.69, 9.17) is 5.26 Å². The van der Waals surface area contributed by atoms with Crippen LogP contribution in [0.3, 0.4) is 0 Å². The van der Waals surface area contributed by atoms with E-state index in [0.717, 1.165) is 25.0 Å². The van der Waals surface area contributed by atoms with Crippen molar-refractivity contribution in [3.63, 3.8) is 0 Å². The molecule has 0 unspecified atom stereocenters. The molecule has 0 atom stereocenters. The molecule has 0 aliphatic heterocycles. The van der Waals surface area contributed by atoms with E-state index in [2.05, 4.69) is 15.3 Å². The van der Waals surface area contributed by atoms with Crippen LogP contribution in [0.1, 0.15) is 18.4 Å². The van der Waals surface area contributed by atoms with Crippen molar-refractivity contribution in [1.29, 1.82) is 5.26 Å². The number of carbonyl (C=O) groups excluding carboxylic acids is 1. The predicted octanol–water partition coefficient (Wildman–Crippen LogP) is 2.64. The van der Waals surface area contributed by atoms with Crippen molar-refractivity contribution in [1.82, 2.24) is 9.97 Å². The van der Waals surface area contributed by atoms with E-state index in [9.17, 15) is 13.6 Å². The summed E-state index contributed by atoms with van der Waals surface area (Å²) in [5.74, 6) is -1.67. The Morgan fingerprint density at radius 3 is 2.41 bits per heavy atom. The number of nitriles is 1. The molecule has 110 valence electrons. The molecule has 1 heterocycles. The number of amides is 1. The van der Waals surface area contributed by atoms with Crippen molar-refractivity contribution in [2.24, 2.45) is 5.92 Å². The lowest BCUT2D eigenvalue weighted by molar-refractivity contribution is -0.117. The van der Waals surface area contributed by atoms with Crippen LogP contribution in [0.5, 0.6) is 0 Å². The van der Waals surface area contributed by atoms with E-state index in [-0.39, 0.29) is 28.9 Å². The van der Waals surface area contributed by atoms with E-state index in [0.29, 0.717) is 0 Å². The molecular formula is C15H10F2N4O. The highest BCUT2D eigenvalue weighted by Crippen LogP contribution is 2.30. The molecule has 22 heavy (non-hydrogen) atoms. The van der Waals surface area contributed by atoms with E-state index in [1.54, 1.807) is 0 Å². The molecule has 7 heteroatoms. The standard InChI is InChI=1S/C15H10F2N4O/c16-11-3-9(4-12(17)10(11)5-18)13-6-20-14(7-19-13)21-15(22)8-1-2-8/h3-4,6-8H,1-2H2,(H,20,21,22). The summed E-state index contributed by atoms with van der Waals surface area (Å²) >= 11 is 0. The fourth-order valence-electron chi connectivity index (χ4n) is 1.94. The van der Waals surface area contributed by atoms with Gasteiger partial charge in [0.05, 0.1) is 18.1 Å². The number of aromatic nitrogens is 2. The zero-order valence-electron chi connectivity index (χ0n) is 11.3. The first-order valence-electron chi connectivity index (χ1n) is 6.61. The third kappa shape index (κ3) is 2.76.